The molecule has 0 radical (unpaired) electrons. The van der Waals surface area contributed by atoms with Crippen LogP contribution in [0.5, 0.6) is 0 Å². The lowest BCUT2D eigenvalue weighted by atomic mass is 9.91. The fourth-order valence-electron chi connectivity index (χ4n) is 1.97. The van der Waals surface area contributed by atoms with Crippen LogP contribution in [-0.2, 0) is 4.74 Å². The number of ether oxygens (including phenoxy) is 1. The van der Waals surface area contributed by atoms with Gasteiger partial charge in [-0.1, -0.05) is 13.3 Å². The van der Waals surface area contributed by atoms with Gasteiger partial charge in [0.2, 0.25) is 0 Å². The minimum Gasteiger partial charge on any atom is -0.379 e. The number of methoxy groups -OCH3 is 1. The summed E-state index contributed by atoms with van der Waals surface area (Å²) in [5, 5.41) is 3.61. The van der Waals surface area contributed by atoms with Crippen molar-refractivity contribution in [3.05, 3.63) is 0 Å². The van der Waals surface area contributed by atoms with Gasteiger partial charge in [0.05, 0.1) is 5.60 Å². The van der Waals surface area contributed by atoms with Crippen molar-refractivity contribution in [2.45, 2.75) is 58.1 Å². The molecule has 1 unspecified atom stereocenters. The van der Waals surface area contributed by atoms with Gasteiger partial charge in [0.25, 0.3) is 0 Å². The molecule has 0 aromatic rings. The Morgan fingerprint density at radius 3 is 2.50 bits per heavy atom. The molecule has 1 rings (SSSR count). The molecule has 0 spiro atoms. The van der Waals surface area contributed by atoms with Crippen LogP contribution in [0.4, 0.5) is 0 Å². The van der Waals surface area contributed by atoms with Gasteiger partial charge in [-0.05, 0) is 45.6 Å². The lowest BCUT2D eigenvalue weighted by Crippen LogP contribution is -2.39. The molecule has 0 bridgehead atoms. The van der Waals surface area contributed by atoms with Crippen molar-refractivity contribution in [2.24, 2.45) is 5.92 Å². The third-order valence-electron chi connectivity index (χ3n) is 3.25. The van der Waals surface area contributed by atoms with E-state index in [0.717, 1.165) is 19.0 Å². The Kier molecular flexibility index (Phi) is 4.39. The Morgan fingerprint density at radius 1 is 1.43 bits per heavy atom. The molecule has 0 aromatic heterocycles. The second-order valence-electron chi connectivity index (χ2n) is 5.31. The number of nitrogens with one attached hydrogen (secondary N) is 1. The van der Waals surface area contributed by atoms with Crippen LogP contribution in [0.15, 0.2) is 0 Å². The average molecular weight is 199 g/mol. The molecule has 2 nitrogen and oxygen atoms in total. The van der Waals surface area contributed by atoms with Gasteiger partial charge in [0, 0.05) is 13.2 Å². The normalized spacial score (nSPS) is 20.6. The minimum absolute atomic E-state index is 0.0285. The highest BCUT2D eigenvalue weighted by atomic mass is 16.5. The van der Waals surface area contributed by atoms with Gasteiger partial charge < -0.3 is 10.1 Å². The monoisotopic (exact) mass is 199 g/mol. The molecule has 1 fully saturated rings. The Balaban J connectivity index is 2.11. The Labute approximate surface area is 88.4 Å². The van der Waals surface area contributed by atoms with Crippen LogP contribution in [0.2, 0.25) is 0 Å². The first kappa shape index (κ1) is 12.0. The quantitative estimate of drug-likeness (QED) is 0.710. The lowest BCUT2D eigenvalue weighted by Gasteiger charge is -2.31. The summed E-state index contributed by atoms with van der Waals surface area (Å²) >= 11 is 0. The van der Waals surface area contributed by atoms with E-state index in [4.69, 9.17) is 4.74 Å². The summed E-state index contributed by atoms with van der Waals surface area (Å²) < 4.78 is 5.43. The molecule has 1 atom stereocenters. The Bertz CT molecular complexity index is 164. The predicted octanol–water partition coefficient (Wildman–Crippen LogP) is 2.58. The largest absolute Gasteiger partial charge is 0.379 e. The van der Waals surface area contributed by atoms with Crippen LogP contribution in [0, 0.1) is 5.92 Å². The molecular formula is C12H25NO. The molecule has 2 heteroatoms. The highest BCUT2D eigenvalue weighted by molar-refractivity contribution is 4.79. The molecule has 1 aliphatic carbocycles. The topological polar surface area (TPSA) is 21.3 Å². The maximum absolute atomic E-state index is 5.43. The van der Waals surface area contributed by atoms with Crippen LogP contribution in [0.3, 0.4) is 0 Å². The smallest absolute Gasteiger partial charge is 0.0625 e. The van der Waals surface area contributed by atoms with E-state index in [1.807, 2.05) is 0 Å². The van der Waals surface area contributed by atoms with E-state index in [-0.39, 0.29) is 5.60 Å². The van der Waals surface area contributed by atoms with E-state index in [2.05, 4.69) is 26.1 Å². The number of hydrogen-bond donors (Lipinski definition) is 1. The van der Waals surface area contributed by atoms with Gasteiger partial charge in [-0.2, -0.15) is 0 Å². The third-order valence-corrected chi connectivity index (χ3v) is 3.25. The van der Waals surface area contributed by atoms with Gasteiger partial charge >= 0.3 is 0 Å². The van der Waals surface area contributed by atoms with Crippen molar-refractivity contribution in [3.63, 3.8) is 0 Å². The van der Waals surface area contributed by atoms with Gasteiger partial charge in [0.15, 0.2) is 0 Å². The summed E-state index contributed by atoms with van der Waals surface area (Å²) in [5.41, 5.74) is 0.0285. The Morgan fingerprint density at radius 2 is 2.07 bits per heavy atom. The van der Waals surface area contributed by atoms with Crippen LogP contribution >= 0.6 is 0 Å². The van der Waals surface area contributed by atoms with Crippen LogP contribution in [0.25, 0.3) is 0 Å². The molecule has 1 saturated carbocycles. The predicted molar refractivity (Wildman–Crippen MR) is 60.5 cm³/mol. The molecule has 0 saturated heterocycles. The van der Waals surface area contributed by atoms with Crippen molar-refractivity contribution >= 4 is 0 Å². The maximum atomic E-state index is 5.43. The third kappa shape index (κ3) is 3.97. The summed E-state index contributed by atoms with van der Waals surface area (Å²) in [6, 6.07) is 0.808. The molecule has 0 aromatic carbocycles. The van der Waals surface area contributed by atoms with Crippen LogP contribution in [0.1, 0.15) is 46.5 Å². The SMILES string of the molecule is COC(C)(C)CC(C)CNC1CCC1. The molecular weight excluding hydrogens is 174 g/mol. The van der Waals surface area contributed by atoms with Crippen LogP contribution in [-0.4, -0.2) is 25.3 Å². The van der Waals surface area contributed by atoms with Gasteiger partial charge in [-0.25, -0.2) is 0 Å². The van der Waals surface area contributed by atoms with Crippen molar-refractivity contribution in [1.82, 2.24) is 5.32 Å². The van der Waals surface area contributed by atoms with Gasteiger partial charge in [0.1, 0.15) is 0 Å². The summed E-state index contributed by atoms with van der Waals surface area (Å²) in [6.07, 6.45) is 5.29. The molecule has 14 heavy (non-hydrogen) atoms. The summed E-state index contributed by atoms with van der Waals surface area (Å²) in [5.74, 6) is 0.700. The second-order valence-corrected chi connectivity index (χ2v) is 5.31. The summed E-state index contributed by atoms with van der Waals surface area (Å²) in [4.78, 5) is 0. The van der Waals surface area contributed by atoms with E-state index in [9.17, 15) is 0 Å². The zero-order valence-corrected chi connectivity index (χ0v) is 10.1. The summed E-state index contributed by atoms with van der Waals surface area (Å²) in [6.45, 7) is 7.75. The van der Waals surface area contributed by atoms with Crippen molar-refractivity contribution in [3.8, 4) is 0 Å². The van der Waals surface area contributed by atoms with E-state index < -0.39 is 0 Å². The highest BCUT2D eigenvalue weighted by Gasteiger charge is 2.22. The van der Waals surface area contributed by atoms with Crippen molar-refractivity contribution in [1.29, 1.82) is 0 Å². The summed E-state index contributed by atoms with van der Waals surface area (Å²) in [7, 11) is 1.80. The minimum atomic E-state index is 0.0285. The highest BCUT2D eigenvalue weighted by Crippen LogP contribution is 2.21. The molecule has 1 N–H and O–H groups in total. The van der Waals surface area contributed by atoms with E-state index in [1.54, 1.807) is 7.11 Å². The average Bonchev–Trinajstić information content (AvgIpc) is 2.00. The van der Waals surface area contributed by atoms with E-state index in [1.165, 1.54) is 19.3 Å². The zero-order chi connectivity index (χ0) is 10.6. The first-order valence-corrected chi connectivity index (χ1v) is 5.82. The number of rotatable bonds is 6. The molecule has 1 aliphatic rings. The van der Waals surface area contributed by atoms with Crippen molar-refractivity contribution in [2.75, 3.05) is 13.7 Å². The first-order valence-electron chi connectivity index (χ1n) is 5.82. The number of hydrogen-bond acceptors (Lipinski definition) is 2. The van der Waals surface area contributed by atoms with E-state index >= 15 is 0 Å². The fraction of sp³-hybridized carbons (Fsp3) is 1.00. The van der Waals surface area contributed by atoms with Gasteiger partial charge in [-0.3, -0.25) is 0 Å². The van der Waals surface area contributed by atoms with Crippen LogP contribution < -0.4 is 5.32 Å². The molecule has 0 heterocycles. The molecule has 0 aliphatic heterocycles. The Hall–Kier alpha value is -0.0800. The van der Waals surface area contributed by atoms with Crippen molar-refractivity contribution < 1.29 is 4.74 Å². The zero-order valence-electron chi connectivity index (χ0n) is 10.1. The van der Waals surface area contributed by atoms with Gasteiger partial charge in [-0.15, -0.1) is 0 Å². The molecule has 0 amide bonds. The lowest BCUT2D eigenvalue weighted by molar-refractivity contribution is 0.00346. The fourth-order valence-corrected chi connectivity index (χ4v) is 1.97. The molecule has 84 valence electrons. The maximum Gasteiger partial charge on any atom is 0.0625 e. The standard InChI is InChI=1S/C12H25NO/c1-10(8-12(2,3)14-4)9-13-11-6-5-7-11/h10-11,13H,5-9H2,1-4H3. The first-order chi connectivity index (χ1) is 6.53. The second kappa shape index (κ2) is 5.13. The van der Waals surface area contributed by atoms with E-state index in [0.29, 0.717) is 5.92 Å².